The van der Waals surface area contributed by atoms with E-state index in [-0.39, 0.29) is 18.3 Å². The van der Waals surface area contributed by atoms with Crippen LogP contribution >= 0.6 is 0 Å². The first-order chi connectivity index (χ1) is 6.81. The van der Waals surface area contributed by atoms with Crippen LogP contribution in [0.2, 0.25) is 0 Å². The lowest BCUT2D eigenvalue weighted by atomic mass is 10.0. The molecule has 2 aliphatic heterocycles. The maximum absolute atomic E-state index is 9.74. The van der Waals surface area contributed by atoms with Gasteiger partial charge in [-0.1, -0.05) is 6.08 Å². The van der Waals surface area contributed by atoms with Crippen LogP contribution in [-0.2, 0) is 9.47 Å². The van der Waals surface area contributed by atoms with Gasteiger partial charge in [0, 0.05) is 6.61 Å². The van der Waals surface area contributed by atoms with Crippen molar-refractivity contribution in [1.82, 2.24) is 0 Å². The Balaban J connectivity index is 2.04. The predicted molar refractivity (Wildman–Crippen MR) is 53.1 cm³/mol. The normalized spacial score (nSPS) is 43.8. The van der Waals surface area contributed by atoms with Gasteiger partial charge in [0.25, 0.3) is 0 Å². The van der Waals surface area contributed by atoms with E-state index in [1.54, 1.807) is 6.08 Å². The lowest BCUT2D eigenvalue weighted by molar-refractivity contribution is -0.120. The standard InChI is InChI=1S/C11H18O3/c1-2-9-8(12)5-6-10-11(14-9)4-3-7-13-10/h2,8-12H,1,3-7H2. The largest absolute Gasteiger partial charge is 0.390 e. The Hall–Kier alpha value is -0.380. The highest BCUT2D eigenvalue weighted by Gasteiger charge is 2.34. The first-order valence-electron chi connectivity index (χ1n) is 5.39. The number of rotatable bonds is 1. The van der Waals surface area contributed by atoms with Crippen molar-refractivity contribution in [3.05, 3.63) is 12.7 Å². The van der Waals surface area contributed by atoms with Gasteiger partial charge >= 0.3 is 0 Å². The van der Waals surface area contributed by atoms with Crippen LogP contribution < -0.4 is 0 Å². The van der Waals surface area contributed by atoms with Gasteiger partial charge in [-0.2, -0.15) is 0 Å². The molecule has 2 saturated heterocycles. The van der Waals surface area contributed by atoms with Crippen molar-refractivity contribution in [2.24, 2.45) is 0 Å². The van der Waals surface area contributed by atoms with Crippen LogP contribution in [0.3, 0.4) is 0 Å². The van der Waals surface area contributed by atoms with Gasteiger partial charge in [0.1, 0.15) is 6.10 Å². The highest BCUT2D eigenvalue weighted by atomic mass is 16.6. The predicted octanol–water partition coefficient (Wildman–Crippen LogP) is 1.26. The Morgan fingerprint density at radius 1 is 1.21 bits per heavy atom. The third-order valence-corrected chi connectivity index (χ3v) is 3.07. The van der Waals surface area contributed by atoms with Gasteiger partial charge in [-0.3, -0.25) is 0 Å². The summed E-state index contributed by atoms with van der Waals surface area (Å²) in [5, 5.41) is 9.74. The summed E-state index contributed by atoms with van der Waals surface area (Å²) in [5.41, 5.74) is 0. The van der Waals surface area contributed by atoms with E-state index in [9.17, 15) is 5.11 Å². The topological polar surface area (TPSA) is 38.7 Å². The summed E-state index contributed by atoms with van der Waals surface area (Å²) in [4.78, 5) is 0. The molecule has 0 aromatic rings. The van der Waals surface area contributed by atoms with Gasteiger partial charge in [0.15, 0.2) is 0 Å². The quantitative estimate of drug-likeness (QED) is 0.645. The average molecular weight is 198 g/mol. The van der Waals surface area contributed by atoms with Gasteiger partial charge < -0.3 is 14.6 Å². The zero-order valence-corrected chi connectivity index (χ0v) is 8.39. The molecule has 4 unspecified atom stereocenters. The fourth-order valence-corrected chi connectivity index (χ4v) is 2.24. The highest BCUT2D eigenvalue weighted by Crippen LogP contribution is 2.28. The maximum atomic E-state index is 9.74. The Morgan fingerprint density at radius 3 is 2.86 bits per heavy atom. The van der Waals surface area contributed by atoms with E-state index in [1.807, 2.05) is 0 Å². The fraction of sp³-hybridized carbons (Fsp3) is 0.818. The number of hydrogen-bond donors (Lipinski definition) is 1. The Kier molecular flexibility index (Phi) is 3.21. The van der Waals surface area contributed by atoms with Crippen molar-refractivity contribution in [2.75, 3.05) is 6.61 Å². The van der Waals surface area contributed by atoms with Crippen molar-refractivity contribution < 1.29 is 14.6 Å². The molecule has 0 spiro atoms. The molecule has 3 heteroatoms. The first kappa shape index (κ1) is 10.1. The van der Waals surface area contributed by atoms with Crippen LogP contribution in [-0.4, -0.2) is 36.1 Å². The monoisotopic (exact) mass is 198 g/mol. The summed E-state index contributed by atoms with van der Waals surface area (Å²) < 4.78 is 11.4. The highest BCUT2D eigenvalue weighted by molar-refractivity contribution is 4.92. The minimum atomic E-state index is -0.415. The molecule has 80 valence electrons. The summed E-state index contributed by atoms with van der Waals surface area (Å²) >= 11 is 0. The Labute approximate surface area is 84.7 Å². The number of hydrogen-bond acceptors (Lipinski definition) is 3. The van der Waals surface area contributed by atoms with Crippen LogP contribution in [0.5, 0.6) is 0 Å². The molecule has 1 N–H and O–H groups in total. The third-order valence-electron chi connectivity index (χ3n) is 3.07. The second-order valence-electron chi connectivity index (χ2n) is 4.07. The number of ether oxygens (including phenoxy) is 2. The third kappa shape index (κ3) is 2.00. The zero-order chi connectivity index (χ0) is 9.97. The molecule has 2 rings (SSSR count). The fourth-order valence-electron chi connectivity index (χ4n) is 2.24. The van der Waals surface area contributed by atoms with Crippen LogP contribution in [0.1, 0.15) is 25.7 Å². The van der Waals surface area contributed by atoms with Gasteiger partial charge in [0.2, 0.25) is 0 Å². The molecule has 0 aromatic carbocycles. The average Bonchev–Trinajstić information content (AvgIpc) is 2.38. The van der Waals surface area contributed by atoms with E-state index >= 15 is 0 Å². The van der Waals surface area contributed by atoms with Crippen molar-refractivity contribution in [3.63, 3.8) is 0 Å². The number of aliphatic hydroxyl groups is 1. The van der Waals surface area contributed by atoms with Gasteiger partial charge in [-0.05, 0) is 25.7 Å². The lowest BCUT2D eigenvalue weighted by Crippen LogP contribution is -2.37. The molecule has 0 bridgehead atoms. The molecular weight excluding hydrogens is 180 g/mol. The SMILES string of the molecule is C=CC1OC2CCCOC2CCC1O. The summed E-state index contributed by atoms with van der Waals surface area (Å²) in [7, 11) is 0. The molecule has 0 saturated carbocycles. The van der Waals surface area contributed by atoms with Crippen LogP contribution in [0.15, 0.2) is 12.7 Å². The minimum Gasteiger partial charge on any atom is -0.390 e. The molecule has 2 aliphatic rings. The zero-order valence-electron chi connectivity index (χ0n) is 8.39. The molecule has 14 heavy (non-hydrogen) atoms. The molecule has 2 fully saturated rings. The van der Waals surface area contributed by atoms with Crippen molar-refractivity contribution in [3.8, 4) is 0 Å². The number of fused-ring (bicyclic) bond motifs is 1. The Morgan fingerprint density at radius 2 is 2.07 bits per heavy atom. The molecule has 3 nitrogen and oxygen atoms in total. The first-order valence-corrected chi connectivity index (χ1v) is 5.39. The van der Waals surface area contributed by atoms with E-state index in [2.05, 4.69) is 6.58 Å². The minimum absolute atomic E-state index is 0.156. The molecule has 4 atom stereocenters. The van der Waals surface area contributed by atoms with E-state index in [1.165, 1.54) is 0 Å². The van der Waals surface area contributed by atoms with Crippen molar-refractivity contribution >= 4 is 0 Å². The van der Waals surface area contributed by atoms with Crippen molar-refractivity contribution in [1.29, 1.82) is 0 Å². The van der Waals surface area contributed by atoms with E-state index in [4.69, 9.17) is 9.47 Å². The van der Waals surface area contributed by atoms with Gasteiger partial charge in [-0.25, -0.2) is 0 Å². The molecule has 2 heterocycles. The molecule has 0 amide bonds. The lowest BCUT2D eigenvalue weighted by Gasteiger charge is -2.31. The second-order valence-corrected chi connectivity index (χ2v) is 4.07. The van der Waals surface area contributed by atoms with Crippen LogP contribution in [0, 0.1) is 0 Å². The molecule has 0 aliphatic carbocycles. The van der Waals surface area contributed by atoms with Crippen LogP contribution in [0.25, 0.3) is 0 Å². The smallest absolute Gasteiger partial charge is 0.102 e. The summed E-state index contributed by atoms with van der Waals surface area (Å²) in [6, 6.07) is 0. The summed E-state index contributed by atoms with van der Waals surface area (Å²) in [6.45, 7) is 4.52. The number of aliphatic hydroxyl groups excluding tert-OH is 1. The van der Waals surface area contributed by atoms with E-state index in [0.717, 1.165) is 32.3 Å². The van der Waals surface area contributed by atoms with Gasteiger partial charge in [-0.15, -0.1) is 6.58 Å². The van der Waals surface area contributed by atoms with Crippen molar-refractivity contribution in [2.45, 2.75) is 50.1 Å². The summed E-state index contributed by atoms with van der Waals surface area (Å²) in [5.74, 6) is 0. The molecular formula is C11H18O3. The van der Waals surface area contributed by atoms with Gasteiger partial charge in [0.05, 0.1) is 18.3 Å². The second kappa shape index (κ2) is 4.43. The molecule has 0 aromatic heterocycles. The van der Waals surface area contributed by atoms with E-state index in [0.29, 0.717) is 0 Å². The van der Waals surface area contributed by atoms with E-state index < -0.39 is 6.10 Å². The maximum Gasteiger partial charge on any atom is 0.102 e. The summed E-state index contributed by atoms with van der Waals surface area (Å²) in [6.07, 6.45) is 5.15. The van der Waals surface area contributed by atoms with Crippen LogP contribution in [0.4, 0.5) is 0 Å². The Bertz CT molecular complexity index is 205. The molecule has 0 radical (unpaired) electrons.